The molecule has 0 bridgehead atoms. The van der Waals surface area contributed by atoms with Crippen LogP contribution in [0, 0.1) is 6.92 Å². The lowest BCUT2D eigenvalue weighted by atomic mass is 9.93. The van der Waals surface area contributed by atoms with Gasteiger partial charge in [-0.2, -0.15) is 0 Å². The van der Waals surface area contributed by atoms with Gasteiger partial charge in [-0.25, -0.2) is 0 Å². The maximum absolute atomic E-state index is 3.42. The predicted molar refractivity (Wildman–Crippen MR) is 87.2 cm³/mol. The molecule has 2 aromatic rings. The van der Waals surface area contributed by atoms with E-state index in [1.54, 1.807) is 0 Å². The molecule has 0 amide bonds. The topological polar surface area (TPSA) is 12.0 Å². The average Bonchev–Trinajstić information content (AvgIpc) is 2.48. The molecular formula is C19H25N. The van der Waals surface area contributed by atoms with Gasteiger partial charge in [0.2, 0.25) is 0 Å². The van der Waals surface area contributed by atoms with E-state index in [0.717, 1.165) is 0 Å². The molecule has 1 nitrogen and oxygen atoms in total. The Hall–Kier alpha value is -1.60. The first kappa shape index (κ1) is 14.8. The van der Waals surface area contributed by atoms with Crippen molar-refractivity contribution in [3.8, 4) is 0 Å². The fraction of sp³-hybridized carbons (Fsp3) is 0.368. The zero-order valence-corrected chi connectivity index (χ0v) is 13.0. The van der Waals surface area contributed by atoms with E-state index in [1.807, 2.05) is 7.05 Å². The summed E-state index contributed by atoms with van der Waals surface area (Å²) in [5, 5.41) is 3.42. The molecule has 0 spiro atoms. The molecule has 0 aliphatic heterocycles. The van der Waals surface area contributed by atoms with Crippen molar-refractivity contribution in [2.75, 3.05) is 7.05 Å². The molecule has 2 atom stereocenters. The average molecular weight is 267 g/mol. The molecule has 0 saturated heterocycles. The van der Waals surface area contributed by atoms with E-state index in [0.29, 0.717) is 5.92 Å². The van der Waals surface area contributed by atoms with E-state index < -0.39 is 0 Å². The minimum absolute atomic E-state index is 0.265. The smallest absolute Gasteiger partial charge is 0.0574 e. The molecular weight excluding hydrogens is 242 g/mol. The van der Waals surface area contributed by atoms with Crippen molar-refractivity contribution < 1.29 is 0 Å². The molecule has 2 unspecified atom stereocenters. The van der Waals surface area contributed by atoms with Crippen molar-refractivity contribution in [3.05, 3.63) is 70.8 Å². The van der Waals surface area contributed by atoms with Crippen LogP contribution in [0.25, 0.3) is 0 Å². The minimum atomic E-state index is 0.265. The van der Waals surface area contributed by atoms with Crippen molar-refractivity contribution in [3.63, 3.8) is 0 Å². The Labute approximate surface area is 123 Å². The highest BCUT2D eigenvalue weighted by atomic mass is 14.9. The Bertz CT molecular complexity index is 542. The highest BCUT2D eigenvalue weighted by molar-refractivity contribution is 5.35. The SMILES string of the molecule is CCC(C)c1ccc(C(NC)c2cccc(C)c2)cc1. The van der Waals surface area contributed by atoms with E-state index in [-0.39, 0.29) is 6.04 Å². The second kappa shape index (κ2) is 6.71. The summed E-state index contributed by atoms with van der Waals surface area (Å²) in [4.78, 5) is 0. The maximum atomic E-state index is 3.42. The molecule has 2 rings (SSSR count). The lowest BCUT2D eigenvalue weighted by Crippen LogP contribution is -2.17. The molecule has 1 heteroatoms. The van der Waals surface area contributed by atoms with Crippen LogP contribution in [0.3, 0.4) is 0 Å². The van der Waals surface area contributed by atoms with Crippen molar-refractivity contribution in [1.29, 1.82) is 0 Å². The van der Waals surface area contributed by atoms with Crippen LogP contribution in [0.4, 0.5) is 0 Å². The van der Waals surface area contributed by atoms with Crippen molar-refractivity contribution in [2.24, 2.45) is 0 Å². The van der Waals surface area contributed by atoms with E-state index >= 15 is 0 Å². The number of hydrogen-bond donors (Lipinski definition) is 1. The van der Waals surface area contributed by atoms with Crippen LogP contribution in [0.2, 0.25) is 0 Å². The van der Waals surface area contributed by atoms with Gasteiger partial charge in [-0.3, -0.25) is 0 Å². The third-order valence-corrected chi connectivity index (χ3v) is 4.12. The van der Waals surface area contributed by atoms with Gasteiger partial charge in [-0.05, 0) is 43.0 Å². The first-order valence-corrected chi connectivity index (χ1v) is 7.49. The van der Waals surface area contributed by atoms with Gasteiger partial charge in [0.15, 0.2) is 0 Å². The van der Waals surface area contributed by atoms with Crippen LogP contribution in [-0.4, -0.2) is 7.05 Å². The summed E-state index contributed by atoms with van der Waals surface area (Å²) < 4.78 is 0. The van der Waals surface area contributed by atoms with Crippen LogP contribution >= 0.6 is 0 Å². The highest BCUT2D eigenvalue weighted by Gasteiger charge is 2.12. The van der Waals surface area contributed by atoms with Gasteiger partial charge in [0.05, 0.1) is 6.04 Å². The summed E-state index contributed by atoms with van der Waals surface area (Å²) >= 11 is 0. The normalized spacial score (nSPS) is 14.0. The molecule has 106 valence electrons. The van der Waals surface area contributed by atoms with Gasteiger partial charge >= 0.3 is 0 Å². The second-order valence-electron chi connectivity index (χ2n) is 5.61. The van der Waals surface area contributed by atoms with Crippen molar-refractivity contribution in [1.82, 2.24) is 5.32 Å². The molecule has 2 aromatic carbocycles. The summed E-state index contributed by atoms with van der Waals surface area (Å²) in [5.41, 5.74) is 5.38. The van der Waals surface area contributed by atoms with Gasteiger partial charge < -0.3 is 5.32 Å². The molecule has 20 heavy (non-hydrogen) atoms. The van der Waals surface area contributed by atoms with Gasteiger partial charge in [0.25, 0.3) is 0 Å². The Morgan fingerprint density at radius 3 is 2.15 bits per heavy atom. The standard InChI is InChI=1S/C19H25N/c1-5-15(3)16-9-11-17(12-10-16)19(20-4)18-8-6-7-14(2)13-18/h6-13,15,19-20H,5H2,1-4H3. The number of nitrogens with one attached hydrogen (secondary N) is 1. The number of benzene rings is 2. The number of hydrogen-bond acceptors (Lipinski definition) is 1. The minimum Gasteiger partial charge on any atom is -0.309 e. The van der Waals surface area contributed by atoms with Crippen LogP contribution in [-0.2, 0) is 0 Å². The fourth-order valence-corrected chi connectivity index (χ4v) is 2.63. The summed E-state index contributed by atoms with van der Waals surface area (Å²) in [6, 6.07) is 18.0. The Morgan fingerprint density at radius 2 is 1.60 bits per heavy atom. The summed E-state index contributed by atoms with van der Waals surface area (Å²) in [6.07, 6.45) is 1.19. The molecule has 0 aromatic heterocycles. The van der Waals surface area contributed by atoms with E-state index in [4.69, 9.17) is 0 Å². The van der Waals surface area contributed by atoms with Crippen LogP contribution in [0.15, 0.2) is 48.5 Å². The number of rotatable bonds is 5. The van der Waals surface area contributed by atoms with Crippen LogP contribution in [0.5, 0.6) is 0 Å². The summed E-state index contributed by atoms with van der Waals surface area (Å²) in [6.45, 7) is 6.66. The molecule has 1 N–H and O–H groups in total. The van der Waals surface area contributed by atoms with Gasteiger partial charge in [0.1, 0.15) is 0 Å². The van der Waals surface area contributed by atoms with E-state index in [2.05, 4.69) is 74.6 Å². The lowest BCUT2D eigenvalue weighted by molar-refractivity contribution is 0.688. The Morgan fingerprint density at radius 1 is 0.950 bits per heavy atom. The second-order valence-corrected chi connectivity index (χ2v) is 5.61. The molecule has 0 heterocycles. The molecule has 0 aliphatic rings. The number of aryl methyl sites for hydroxylation is 1. The van der Waals surface area contributed by atoms with Crippen molar-refractivity contribution >= 4 is 0 Å². The molecule has 0 radical (unpaired) electrons. The van der Waals surface area contributed by atoms with Gasteiger partial charge in [-0.15, -0.1) is 0 Å². The van der Waals surface area contributed by atoms with Gasteiger partial charge in [0, 0.05) is 0 Å². The third-order valence-electron chi connectivity index (χ3n) is 4.12. The molecule has 0 aliphatic carbocycles. The zero-order chi connectivity index (χ0) is 14.5. The van der Waals surface area contributed by atoms with Crippen LogP contribution < -0.4 is 5.32 Å². The van der Waals surface area contributed by atoms with Crippen LogP contribution in [0.1, 0.15) is 54.5 Å². The van der Waals surface area contributed by atoms with Crippen molar-refractivity contribution in [2.45, 2.75) is 39.2 Å². The summed E-state index contributed by atoms with van der Waals surface area (Å²) in [5.74, 6) is 0.635. The quantitative estimate of drug-likeness (QED) is 0.819. The lowest BCUT2D eigenvalue weighted by Gasteiger charge is -2.19. The predicted octanol–water partition coefficient (Wildman–Crippen LogP) is 4.82. The monoisotopic (exact) mass is 267 g/mol. The maximum Gasteiger partial charge on any atom is 0.0574 e. The highest BCUT2D eigenvalue weighted by Crippen LogP contribution is 2.25. The molecule has 0 fully saturated rings. The Kier molecular flexibility index (Phi) is 4.97. The van der Waals surface area contributed by atoms with Gasteiger partial charge in [-0.1, -0.05) is 67.9 Å². The van der Waals surface area contributed by atoms with E-state index in [1.165, 1.54) is 28.7 Å². The zero-order valence-electron chi connectivity index (χ0n) is 13.0. The fourth-order valence-electron chi connectivity index (χ4n) is 2.63. The van der Waals surface area contributed by atoms with E-state index in [9.17, 15) is 0 Å². The molecule has 0 saturated carbocycles. The summed E-state index contributed by atoms with van der Waals surface area (Å²) in [7, 11) is 2.02. The third kappa shape index (κ3) is 3.29. The first-order chi connectivity index (χ1) is 9.65. The Balaban J connectivity index is 2.28. The largest absolute Gasteiger partial charge is 0.309 e. The first-order valence-electron chi connectivity index (χ1n) is 7.49.